The predicted octanol–water partition coefficient (Wildman–Crippen LogP) is 5.87. The van der Waals surface area contributed by atoms with E-state index in [1.807, 2.05) is 38.1 Å². The molecule has 0 saturated heterocycles. The average molecular weight is 402 g/mol. The minimum absolute atomic E-state index is 0.416. The van der Waals surface area contributed by atoms with Crippen molar-refractivity contribution in [2.45, 2.75) is 40.5 Å². The molecule has 0 N–H and O–H groups in total. The molecule has 0 radical (unpaired) electrons. The van der Waals surface area contributed by atoms with E-state index in [0.29, 0.717) is 22.6 Å². The largest absolute Gasteiger partial charge is 0.423 e. The zero-order chi connectivity index (χ0) is 21.7. The highest BCUT2D eigenvalue weighted by Gasteiger charge is 2.16. The Morgan fingerprint density at radius 1 is 0.600 bits per heavy atom. The molecule has 0 fully saturated rings. The summed E-state index contributed by atoms with van der Waals surface area (Å²) >= 11 is 0. The van der Waals surface area contributed by atoms with Crippen LogP contribution in [0.4, 0.5) is 0 Å². The SMILES string of the molecule is CCc1ccc(C(=O)Oc2ccc(OC(=O)c3ccc(CC)cc3)c(C)c2C)cc1. The summed E-state index contributed by atoms with van der Waals surface area (Å²) in [5.74, 6) is 0.0650. The number of carbonyl (C=O) groups is 2. The minimum Gasteiger partial charge on any atom is -0.423 e. The van der Waals surface area contributed by atoms with E-state index in [9.17, 15) is 9.59 Å². The maximum Gasteiger partial charge on any atom is 0.343 e. The van der Waals surface area contributed by atoms with Gasteiger partial charge < -0.3 is 9.47 Å². The lowest BCUT2D eigenvalue weighted by Gasteiger charge is -2.14. The molecule has 0 saturated carbocycles. The van der Waals surface area contributed by atoms with Crippen molar-refractivity contribution in [3.05, 3.63) is 94.0 Å². The van der Waals surface area contributed by atoms with Gasteiger partial charge in [0.25, 0.3) is 0 Å². The molecule has 154 valence electrons. The van der Waals surface area contributed by atoms with Crippen LogP contribution in [-0.4, -0.2) is 11.9 Å². The normalized spacial score (nSPS) is 10.5. The number of ether oxygens (including phenoxy) is 2. The van der Waals surface area contributed by atoms with Crippen molar-refractivity contribution in [2.75, 3.05) is 0 Å². The molecule has 3 rings (SSSR count). The van der Waals surface area contributed by atoms with E-state index < -0.39 is 11.9 Å². The summed E-state index contributed by atoms with van der Waals surface area (Å²) in [6, 6.07) is 18.1. The van der Waals surface area contributed by atoms with Crippen molar-refractivity contribution in [3.8, 4) is 11.5 Å². The third-order valence-electron chi connectivity index (χ3n) is 5.29. The summed E-state index contributed by atoms with van der Waals surface area (Å²) < 4.78 is 11.2. The molecule has 30 heavy (non-hydrogen) atoms. The quantitative estimate of drug-likeness (QED) is 0.382. The molecule has 0 aliphatic heterocycles. The van der Waals surface area contributed by atoms with Gasteiger partial charge in [-0.2, -0.15) is 0 Å². The van der Waals surface area contributed by atoms with Gasteiger partial charge in [0.15, 0.2) is 0 Å². The second-order valence-corrected chi connectivity index (χ2v) is 7.19. The number of esters is 2. The molecule has 0 bridgehead atoms. The van der Waals surface area contributed by atoms with Crippen LogP contribution in [0.15, 0.2) is 60.7 Å². The number of carbonyl (C=O) groups excluding carboxylic acids is 2. The van der Waals surface area contributed by atoms with Crippen LogP contribution in [0.5, 0.6) is 11.5 Å². The Hall–Kier alpha value is -3.40. The van der Waals surface area contributed by atoms with Gasteiger partial charge in [0, 0.05) is 0 Å². The summed E-state index contributed by atoms with van der Waals surface area (Å²) in [6.07, 6.45) is 1.83. The Balaban J connectivity index is 1.74. The van der Waals surface area contributed by atoms with Crippen molar-refractivity contribution in [1.29, 1.82) is 0 Å². The molecule has 4 heteroatoms. The van der Waals surface area contributed by atoms with Crippen molar-refractivity contribution >= 4 is 11.9 Å². The number of aryl methyl sites for hydroxylation is 2. The third kappa shape index (κ3) is 4.77. The second kappa shape index (κ2) is 9.40. The highest BCUT2D eigenvalue weighted by molar-refractivity contribution is 5.92. The lowest BCUT2D eigenvalue weighted by Crippen LogP contribution is -2.12. The number of hydrogen-bond acceptors (Lipinski definition) is 4. The van der Waals surface area contributed by atoms with Crippen LogP contribution in [-0.2, 0) is 12.8 Å². The fourth-order valence-corrected chi connectivity index (χ4v) is 3.06. The van der Waals surface area contributed by atoms with Crippen LogP contribution >= 0.6 is 0 Å². The molecular weight excluding hydrogens is 376 g/mol. The Kier molecular flexibility index (Phi) is 6.68. The first kappa shape index (κ1) is 21.3. The molecule has 3 aromatic carbocycles. The van der Waals surface area contributed by atoms with Gasteiger partial charge in [0.2, 0.25) is 0 Å². The third-order valence-corrected chi connectivity index (χ3v) is 5.29. The zero-order valence-corrected chi connectivity index (χ0v) is 17.8. The first-order chi connectivity index (χ1) is 14.4. The van der Waals surface area contributed by atoms with Gasteiger partial charge in [0.05, 0.1) is 11.1 Å². The number of rotatable bonds is 6. The van der Waals surface area contributed by atoms with E-state index in [1.54, 1.807) is 36.4 Å². The zero-order valence-electron chi connectivity index (χ0n) is 17.8. The second-order valence-electron chi connectivity index (χ2n) is 7.19. The molecule has 0 aliphatic carbocycles. The van der Waals surface area contributed by atoms with Gasteiger partial charge in [-0.1, -0.05) is 38.1 Å². The van der Waals surface area contributed by atoms with Crippen LogP contribution in [0.3, 0.4) is 0 Å². The maximum atomic E-state index is 12.5. The first-order valence-electron chi connectivity index (χ1n) is 10.1. The van der Waals surface area contributed by atoms with Crippen molar-refractivity contribution in [1.82, 2.24) is 0 Å². The summed E-state index contributed by atoms with van der Waals surface area (Å²) in [4.78, 5) is 24.9. The highest BCUT2D eigenvalue weighted by atomic mass is 16.5. The fourth-order valence-electron chi connectivity index (χ4n) is 3.06. The van der Waals surface area contributed by atoms with Crippen LogP contribution < -0.4 is 9.47 Å². The summed E-state index contributed by atoms with van der Waals surface area (Å²) in [5.41, 5.74) is 4.81. The van der Waals surface area contributed by atoms with E-state index in [2.05, 4.69) is 13.8 Å². The van der Waals surface area contributed by atoms with Gasteiger partial charge in [-0.25, -0.2) is 9.59 Å². The summed E-state index contributed by atoms with van der Waals surface area (Å²) in [6.45, 7) is 7.80. The van der Waals surface area contributed by atoms with Gasteiger partial charge in [0.1, 0.15) is 11.5 Å². The van der Waals surface area contributed by atoms with E-state index in [4.69, 9.17) is 9.47 Å². The van der Waals surface area contributed by atoms with Crippen LogP contribution in [0.1, 0.15) is 56.8 Å². The minimum atomic E-state index is -0.416. The average Bonchev–Trinajstić information content (AvgIpc) is 2.78. The summed E-state index contributed by atoms with van der Waals surface area (Å²) in [5, 5.41) is 0. The van der Waals surface area contributed by atoms with Gasteiger partial charge >= 0.3 is 11.9 Å². The Bertz CT molecular complexity index is 961. The first-order valence-corrected chi connectivity index (χ1v) is 10.1. The van der Waals surface area contributed by atoms with Gasteiger partial charge in [-0.05, 0) is 85.3 Å². The molecule has 0 amide bonds. The van der Waals surface area contributed by atoms with E-state index >= 15 is 0 Å². The van der Waals surface area contributed by atoms with Crippen LogP contribution in [0, 0.1) is 13.8 Å². The molecule has 0 heterocycles. The van der Waals surface area contributed by atoms with Crippen molar-refractivity contribution in [2.24, 2.45) is 0 Å². The Morgan fingerprint density at radius 2 is 0.933 bits per heavy atom. The van der Waals surface area contributed by atoms with Crippen molar-refractivity contribution < 1.29 is 19.1 Å². The highest BCUT2D eigenvalue weighted by Crippen LogP contribution is 2.30. The smallest absolute Gasteiger partial charge is 0.343 e. The molecule has 0 aliphatic rings. The standard InChI is InChI=1S/C26H26O4/c1-5-19-7-11-21(12-8-19)25(27)29-23-15-16-24(18(4)17(23)3)30-26(28)22-13-9-20(6-2)10-14-22/h7-16H,5-6H2,1-4H3. The van der Waals surface area contributed by atoms with E-state index in [0.717, 1.165) is 35.1 Å². The number of benzene rings is 3. The van der Waals surface area contributed by atoms with Crippen molar-refractivity contribution in [3.63, 3.8) is 0 Å². The molecule has 0 spiro atoms. The Morgan fingerprint density at radius 3 is 1.23 bits per heavy atom. The maximum absolute atomic E-state index is 12.5. The van der Waals surface area contributed by atoms with Gasteiger partial charge in [-0.3, -0.25) is 0 Å². The molecular formula is C26H26O4. The fraction of sp³-hybridized carbons (Fsp3) is 0.231. The van der Waals surface area contributed by atoms with Gasteiger partial charge in [-0.15, -0.1) is 0 Å². The molecule has 3 aromatic rings. The predicted molar refractivity (Wildman–Crippen MR) is 117 cm³/mol. The van der Waals surface area contributed by atoms with E-state index in [1.165, 1.54) is 0 Å². The molecule has 0 unspecified atom stereocenters. The lowest BCUT2D eigenvalue weighted by molar-refractivity contribution is 0.0717. The lowest BCUT2D eigenvalue weighted by atomic mass is 10.1. The summed E-state index contributed by atoms with van der Waals surface area (Å²) in [7, 11) is 0. The topological polar surface area (TPSA) is 52.6 Å². The molecule has 0 atom stereocenters. The van der Waals surface area contributed by atoms with Crippen LogP contribution in [0.25, 0.3) is 0 Å². The monoisotopic (exact) mass is 402 g/mol. The van der Waals surface area contributed by atoms with Crippen LogP contribution in [0.2, 0.25) is 0 Å². The van der Waals surface area contributed by atoms with E-state index in [-0.39, 0.29) is 0 Å². The molecule has 4 nitrogen and oxygen atoms in total. The molecule has 0 aromatic heterocycles. The Labute approximate surface area is 177 Å². The number of hydrogen-bond donors (Lipinski definition) is 0.